The molecule has 0 bridgehead atoms. The molecule has 2 aliphatic rings. The highest BCUT2D eigenvalue weighted by Gasteiger charge is 2.44. The summed E-state index contributed by atoms with van der Waals surface area (Å²) in [6, 6.07) is 3.96. The molecule has 0 unspecified atom stereocenters. The molecule has 3 rings (SSSR count). The van der Waals surface area contributed by atoms with E-state index in [-0.39, 0.29) is 22.8 Å². The molecule has 1 aromatic carbocycles. The number of benzene rings is 1. The third kappa shape index (κ3) is 1.17. The number of amides is 3. The Morgan fingerprint density at radius 1 is 1.06 bits per heavy atom. The summed E-state index contributed by atoms with van der Waals surface area (Å²) >= 11 is 0. The summed E-state index contributed by atoms with van der Waals surface area (Å²) < 4.78 is 0. The van der Waals surface area contributed by atoms with Crippen LogP contribution in [0.5, 0.6) is 5.75 Å². The Labute approximate surface area is 96.0 Å². The lowest BCUT2D eigenvalue weighted by Crippen LogP contribution is -2.56. The number of phenols is 1. The van der Waals surface area contributed by atoms with Gasteiger partial charge in [-0.1, -0.05) is 0 Å². The molecule has 6 heteroatoms. The number of phenolic OH excluding ortho intramolecular Hbond substituents is 1. The second kappa shape index (κ2) is 3.07. The van der Waals surface area contributed by atoms with Crippen LogP contribution in [-0.4, -0.2) is 39.4 Å². The van der Waals surface area contributed by atoms with Crippen LogP contribution >= 0.6 is 0 Å². The second-order valence-corrected chi connectivity index (χ2v) is 3.92. The van der Waals surface area contributed by atoms with Crippen molar-refractivity contribution in [3.8, 4) is 5.75 Å². The molecule has 1 aromatic rings. The van der Waals surface area contributed by atoms with E-state index >= 15 is 0 Å². The van der Waals surface area contributed by atoms with Crippen molar-refractivity contribution in [2.75, 3.05) is 6.54 Å². The molecule has 0 atom stereocenters. The van der Waals surface area contributed by atoms with Gasteiger partial charge in [-0.15, -0.1) is 0 Å². The third-order valence-corrected chi connectivity index (χ3v) is 2.92. The van der Waals surface area contributed by atoms with Gasteiger partial charge in [-0.3, -0.25) is 14.4 Å². The van der Waals surface area contributed by atoms with Gasteiger partial charge in [0.25, 0.3) is 11.8 Å². The Morgan fingerprint density at radius 2 is 1.76 bits per heavy atom. The summed E-state index contributed by atoms with van der Waals surface area (Å²) in [5.74, 6) is -1.41. The number of carbonyl (C=O) groups is 3. The van der Waals surface area contributed by atoms with Crippen LogP contribution in [0.1, 0.15) is 27.1 Å². The van der Waals surface area contributed by atoms with Gasteiger partial charge in [0.2, 0.25) is 5.91 Å². The van der Waals surface area contributed by atoms with Gasteiger partial charge in [-0.05, 0) is 18.2 Å². The van der Waals surface area contributed by atoms with Crippen LogP contribution in [0.3, 0.4) is 0 Å². The molecule has 86 valence electrons. The summed E-state index contributed by atoms with van der Waals surface area (Å²) in [5, 5.41) is 11.3. The molecule has 0 spiro atoms. The summed E-state index contributed by atoms with van der Waals surface area (Å²) in [6.07, 6.45) is 0.346. The predicted molar refractivity (Wildman–Crippen MR) is 54.9 cm³/mol. The van der Waals surface area contributed by atoms with E-state index in [2.05, 4.69) is 0 Å². The quantitative estimate of drug-likeness (QED) is 0.551. The van der Waals surface area contributed by atoms with Crippen LogP contribution < -0.4 is 0 Å². The number of imide groups is 1. The summed E-state index contributed by atoms with van der Waals surface area (Å²) in [4.78, 5) is 35.1. The van der Waals surface area contributed by atoms with Gasteiger partial charge < -0.3 is 5.11 Å². The van der Waals surface area contributed by atoms with Crippen molar-refractivity contribution in [3.05, 3.63) is 29.3 Å². The number of hydrazine groups is 1. The molecule has 6 nitrogen and oxygen atoms in total. The first kappa shape index (κ1) is 9.83. The van der Waals surface area contributed by atoms with Gasteiger partial charge in [0.15, 0.2) is 0 Å². The fraction of sp³-hybridized carbons (Fsp3) is 0.182. The first-order valence-electron chi connectivity index (χ1n) is 5.11. The zero-order valence-electron chi connectivity index (χ0n) is 8.71. The largest absolute Gasteiger partial charge is 0.508 e. The van der Waals surface area contributed by atoms with E-state index in [0.29, 0.717) is 13.0 Å². The summed E-state index contributed by atoms with van der Waals surface area (Å²) in [7, 11) is 0. The number of fused-ring (bicyclic) bond motifs is 1. The molecule has 0 radical (unpaired) electrons. The van der Waals surface area contributed by atoms with E-state index < -0.39 is 11.8 Å². The van der Waals surface area contributed by atoms with E-state index in [1.165, 1.54) is 18.2 Å². The fourth-order valence-corrected chi connectivity index (χ4v) is 1.95. The number of β-lactam (4-membered cyclic amide) rings is 1. The highest BCUT2D eigenvalue weighted by Crippen LogP contribution is 2.29. The second-order valence-electron chi connectivity index (χ2n) is 3.92. The monoisotopic (exact) mass is 232 g/mol. The van der Waals surface area contributed by atoms with E-state index in [0.717, 1.165) is 10.0 Å². The molecule has 2 heterocycles. The van der Waals surface area contributed by atoms with Crippen LogP contribution in [0.15, 0.2) is 18.2 Å². The maximum Gasteiger partial charge on any atom is 0.280 e. The number of hydrogen-bond acceptors (Lipinski definition) is 4. The fourth-order valence-electron chi connectivity index (χ4n) is 1.95. The minimum Gasteiger partial charge on any atom is -0.508 e. The van der Waals surface area contributed by atoms with Crippen molar-refractivity contribution in [3.63, 3.8) is 0 Å². The van der Waals surface area contributed by atoms with Crippen molar-refractivity contribution in [1.82, 2.24) is 10.0 Å². The van der Waals surface area contributed by atoms with Crippen molar-refractivity contribution < 1.29 is 19.5 Å². The maximum absolute atomic E-state index is 11.9. The van der Waals surface area contributed by atoms with Crippen LogP contribution in [0.25, 0.3) is 0 Å². The average molecular weight is 232 g/mol. The van der Waals surface area contributed by atoms with E-state index in [1.807, 2.05) is 0 Å². The first-order chi connectivity index (χ1) is 8.09. The minimum absolute atomic E-state index is 0.0818. The number of hydrogen-bond donors (Lipinski definition) is 1. The standard InChI is InChI=1S/C11H8N2O4/c14-6-1-2-7-8(5-6)11(17)13(10(7)16)12-4-3-9(12)15/h1-2,5,14H,3-4H2. The lowest BCUT2D eigenvalue weighted by molar-refractivity contribution is -0.153. The zero-order valence-corrected chi connectivity index (χ0v) is 8.71. The molecule has 17 heavy (non-hydrogen) atoms. The van der Waals surface area contributed by atoms with Crippen molar-refractivity contribution in [2.45, 2.75) is 6.42 Å². The molecule has 0 saturated carbocycles. The normalized spacial score (nSPS) is 18.5. The van der Waals surface area contributed by atoms with Gasteiger partial charge in [0.05, 0.1) is 17.7 Å². The topological polar surface area (TPSA) is 77.9 Å². The van der Waals surface area contributed by atoms with Crippen LogP contribution in [0.4, 0.5) is 0 Å². The molecule has 1 saturated heterocycles. The molecular formula is C11H8N2O4. The predicted octanol–water partition coefficient (Wildman–Crippen LogP) is 0.136. The average Bonchev–Trinajstić information content (AvgIpc) is 2.52. The van der Waals surface area contributed by atoms with Crippen LogP contribution in [0, 0.1) is 0 Å². The van der Waals surface area contributed by atoms with Gasteiger partial charge >= 0.3 is 0 Å². The van der Waals surface area contributed by atoms with E-state index in [9.17, 15) is 19.5 Å². The molecule has 2 aliphatic heterocycles. The van der Waals surface area contributed by atoms with E-state index in [1.54, 1.807) is 0 Å². The van der Waals surface area contributed by atoms with E-state index in [4.69, 9.17) is 0 Å². The molecular weight excluding hydrogens is 224 g/mol. The Balaban J connectivity index is 2.05. The van der Waals surface area contributed by atoms with Gasteiger partial charge in [-0.2, -0.15) is 5.01 Å². The lowest BCUT2D eigenvalue weighted by Gasteiger charge is -2.36. The number of rotatable bonds is 1. The van der Waals surface area contributed by atoms with Crippen LogP contribution in [0.2, 0.25) is 0 Å². The molecule has 3 amide bonds. The van der Waals surface area contributed by atoms with Crippen molar-refractivity contribution in [2.24, 2.45) is 0 Å². The first-order valence-corrected chi connectivity index (χ1v) is 5.11. The lowest BCUT2D eigenvalue weighted by atomic mass is 10.1. The Hall–Kier alpha value is -2.37. The number of carbonyl (C=O) groups excluding carboxylic acids is 3. The maximum atomic E-state index is 11.9. The molecule has 1 N–H and O–H groups in total. The molecule has 0 aliphatic carbocycles. The van der Waals surface area contributed by atoms with Gasteiger partial charge in [0, 0.05) is 6.42 Å². The van der Waals surface area contributed by atoms with Crippen molar-refractivity contribution >= 4 is 17.7 Å². The smallest absolute Gasteiger partial charge is 0.280 e. The zero-order chi connectivity index (χ0) is 12.2. The van der Waals surface area contributed by atoms with Crippen molar-refractivity contribution in [1.29, 1.82) is 0 Å². The number of aromatic hydroxyl groups is 1. The minimum atomic E-state index is -0.561. The van der Waals surface area contributed by atoms with Gasteiger partial charge in [0.1, 0.15) is 5.75 Å². The Morgan fingerprint density at radius 3 is 2.35 bits per heavy atom. The van der Waals surface area contributed by atoms with Crippen LogP contribution in [-0.2, 0) is 4.79 Å². The SMILES string of the molecule is O=C1CCN1N1C(=O)c2ccc(O)cc2C1=O. The Kier molecular flexibility index (Phi) is 1.77. The molecule has 1 fully saturated rings. The third-order valence-electron chi connectivity index (χ3n) is 2.92. The van der Waals surface area contributed by atoms with Gasteiger partial charge in [-0.25, -0.2) is 5.01 Å². The summed E-state index contributed by atoms with van der Waals surface area (Å²) in [5.41, 5.74) is 0.349. The highest BCUT2D eigenvalue weighted by molar-refractivity contribution is 6.22. The number of nitrogens with zero attached hydrogens (tertiary/aromatic N) is 2. The highest BCUT2D eigenvalue weighted by atomic mass is 16.3. The molecule has 0 aromatic heterocycles. The Bertz CT molecular complexity index is 567. The summed E-state index contributed by atoms with van der Waals surface area (Å²) in [6.45, 7) is 0.371.